The normalized spacial score (nSPS) is 15.4. The zero-order chi connectivity index (χ0) is 15.9. The average Bonchev–Trinajstić information content (AvgIpc) is 2.75. The molecule has 1 fully saturated rings. The van der Waals surface area contributed by atoms with Crippen LogP contribution in [0.2, 0.25) is 0 Å². The molecule has 2 heterocycles. The maximum atomic E-state index is 11.3. The van der Waals surface area contributed by atoms with E-state index in [1.54, 1.807) is 7.11 Å². The van der Waals surface area contributed by atoms with Crippen LogP contribution in [0.4, 0.5) is 23.3 Å². The fraction of sp³-hybridized carbons (Fsp3) is 0.692. The number of nitrogen functional groups attached to an aromatic ring is 1. The van der Waals surface area contributed by atoms with Crippen molar-refractivity contribution in [1.29, 1.82) is 0 Å². The van der Waals surface area contributed by atoms with Crippen LogP contribution in [0.1, 0.15) is 25.7 Å². The first-order valence-electron chi connectivity index (χ1n) is 7.43. The summed E-state index contributed by atoms with van der Waals surface area (Å²) < 4.78 is 4.95. The number of anilines is 3. The molecule has 1 aromatic heterocycles. The molecular weight excluding hydrogens is 288 g/mol. The highest BCUT2D eigenvalue weighted by atomic mass is 16.6. The lowest BCUT2D eigenvalue weighted by Crippen LogP contribution is -2.27. The van der Waals surface area contributed by atoms with E-state index in [9.17, 15) is 10.1 Å². The lowest BCUT2D eigenvalue weighted by atomic mass is 10.2. The number of ether oxygens (including phenoxy) is 1. The Kier molecular flexibility index (Phi) is 5.70. The van der Waals surface area contributed by atoms with Gasteiger partial charge in [-0.3, -0.25) is 10.1 Å². The Morgan fingerprint density at radius 1 is 1.32 bits per heavy atom. The van der Waals surface area contributed by atoms with Crippen LogP contribution in [0.3, 0.4) is 0 Å². The number of rotatable bonds is 6. The number of nitrogens with zero attached hydrogens (tertiary/aromatic N) is 4. The van der Waals surface area contributed by atoms with E-state index in [4.69, 9.17) is 10.5 Å². The highest BCUT2D eigenvalue weighted by Crippen LogP contribution is 2.33. The summed E-state index contributed by atoms with van der Waals surface area (Å²) in [7, 11) is 1.59. The van der Waals surface area contributed by atoms with Gasteiger partial charge in [-0.15, -0.1) is 0 Å². The van der Waals surface area contributed by atoms with E-state index in [1.165, 1.54) is 0 Å². The van der Waals surface area contributed by atoms with Gasteiger partial charge in [-0.1, -0.05) is 12.8 Å². The molecule has 9 nitrogen and oxygen atoms in total. The van der Waals surface area contributed by atoms with Crippen LogP contribution < -0.4 is 16.0 Å². The Morgan fingerprint density at radius 3 is 2.59 bits per heavy atom. The summed E-state index contributed by atoms with van der Waals surface area (Å²) in [5.74, 6) is 0.484. The molecule has 3 N–H and O–H groups in total. The molecule has 0 atom stereocenters. The molecule has 0 unspecified atom stereocenters. The molecule has 1 aliphatic heterocycles. The summed E-state index contributed by atoms with van der Waals surface area (Å²) in [5.41, 5.74) is 5.57. The summed E-state index contributed by atoms with van der Waals surface area (Å²) in [5, 5.41) is 14.3. The Hall–Kier alpha value is -2.16. The standard InChI is InChI=1S/C13H22N6O3/c1-22-9-6-15-13-16-11(14)10(19(20)21)12(17-13)18-7-4-2-3-5-8-18/h2-9H2,1H3,(H3,14,15,16,17). The smallest absolute Gasteiger partial charge is 0.353 e. The van der Waals surface area contributed by atoms with E-state index < -0.39 is 4.92 Å². The molecule has 0 aromatic carbocycles. The zero-order valence-electron chi connectivity index (χ0n) is 12.7. The monoisotopic (exact) mass is 310 g/mol. The van der Waals surface area contributed by atoms with Crippen LogP contribution in [0.5, 0.6) is 0 Å². The lowest BCUT2D eigenvalue weighted by molar-refractivity contribution is -0.383. The third-order valence-corrected chi connectivity index (χ3v) is 3.57. The van der Waals surface area contributed by atoms with Crippen molar-refractivity contribution < 1.29 is 9.66 Å². The summed E-state index contributed by atoms with van der Waals surface area (Å²) >= 11 is 0. The minimum absolute atomic E-state index is 0.112. The van der Waals surface area contributed by atoms with Gasteiger partial charge in [0.2, 0.25) is 17.6 Å². The number of aromatic nitrogens is 2. The topological polar surface area (TPSA) is 119 Å². The molecule has 1 saturated heterocycles. The molecule has 0 amide bonds. The van der Waals surface area contributed by atoms with Crippen molar-refractivity contribution >= 4 is 23.3 Å². The first-order chi connectivity index (χ1) is 10.6. The van der Waals surface area contributed by atoms with Crippen LogP contribution in [-0.2, 0) is 4.74 Å². The summed E-state index contributed by atoms with van der Waals surface area (Å²) in [6.07, 6.45) is 4.24. The molecule has 0 radical (unpaired) electrons. The largest absolute Gasteiger partial charge is 0.383 e. The van der Waals surface area contributed by atoms with Crippen LogP contribution in [0, 0.1) is 10.1 Å². The maximum Gasteiger partial charge on any atom is 0.353 e. The van der Waals surface area contributed by atoms with Gasteiger partial charge in [0.05, 0.1) is 11.5 Å². The van der Waals surface area contributed by atoms with Gasteiger partial charge in [0, 0.05) is 26.7 Å². The molecule has 0 aliphatic carbocycles. The van der Waals surface area contributed by atoms with Crippen LogP contribution in [0.15, 0.2) is 0 Å². The number of hydrogen-bond donors (Lipinski definition) is 2. The first-order valence-corrected chi connectivity index (χ1v) is 7.43. The van der Waals surface area contributed by atoms with Crippen molar-refractivity contribution in [2.75, 3.05) is 49.3 Å². The second-order valence-electron chi connectivity index (χ2n) is 5.18. The van der Waals surface area contributed by atoms with Crippen LogP contribution >= 0.6 is 0 Å². The summed E-state index contributed by atoms with van der Waals surface area (Å²) in [6, 6.07) is 0. The fourth-order valence-electron chi connectivity index (χ4n) is 2.48. The molecule has 0 saturated carbocycles. The third kappa shape index (κ3) is 3.94. The minimum Gasteiger partial charge on any atom is -0.383 e. The molecule has 0 bridgehead atoms. The Bertz CT molecular complexity index is 517. The Morgan fingerprint density at radius 2 is 2.00 bits per heavy atom. The van der Waals surface area contributed by atoms with Gasteiger partial charge in [0.15, 0.2) is 0 Å². The minimum atomic E-state index is -0.505. The molecule has 9 heteroatoms. The van der Waals surface area contributed by atoms with Gasteiger partial charge in [-0.05, 0) is 12.8 Å². The molecule has 0 spiro atoms. The zero-order valence-corrected chi connectivity index (χ0v) is 12.7. The van der Waals surface area contributed by atoms with Gasteiger partial charge in [0.1, 0.15) is 0 Å². The van der Waals surface area contributed by atoms with Gasteiger partial charge in [-0.2, -0.15) is 9.97 Å². The van der Waals surface area contributed by atoms with Crippen molar-refractivity contribution in [3.8, 4) is 0 Å². The number of hydrogen-bond acceptors (Lipinski definition) is 8. The van der Waals surface area contributed by atoms with Gasteiger partial charge >= 0.3 is 5.69 Å². The van der Waals surface area contributed by atoms with Crippen molar-refractivity contribution in [1.82, 2.24) is 9.97 Å². The predicted octanol–water partition coefficient (Wildman–Crippen LogP) is 1.41. The Labute approximate surface area is 129 Å². The number of nitrogens with one attached hydrogen (secondary N) is 1. The first kappa shape index (κ1) is 16.2. The molecule has 22 heavy (non-hydrogen) atoms. The van der Waals surface area contributed by atoms with Crippen molar-refractivity contribution in [2.45, 2.75) is 25.7 Å². The molecule has 2 rings (SSSR count). The fourth-order valence-corrected chi connectivity index (χ4v) is 2.48. The van der Waals surface area contributed by atoms with Crippen molar-refractivity contribution in [3.63, 3.8) is 0 Å². The van der Waals surface area contributed by atoms with E-state index in [-0.39, 0.29) is 11.5 Å². The molecule has 1 aromatic rings. The van der Waals surface area contributed by atoms with Gasteiger partial charge in [0.25, 0.3) is 0 Å². The molecule has 122 valence electrons. The van der Waals surface area contributed by atoms with E-state index in [1.807, 2.05) is 4.90 Å². The molecular formula is C13H22N6O3. The SMILES string of the molecule is COCCNc1nc(N)c([N+](=O)[O-])c(N2CCCCCC2)n1. The van der Waals surface area contributed by atoms with Crippen LogP contribution in [-0.4, -0.2) is 48.2 Å². The average molecular weight is 310 g/mol. The van der Waals surface area contributed by atoms with Crippen molar-refractivity contribution in [2.24, 2.45) is 0 Å². The van der Waals surface area contributed by atoms with Crippen LogP contribution in [0.25, 0.3) is 0 Å². The van der Waals surface area contributed by atoms with Crippen molar-refractivity contribution in [3.05, 3.63) is 10.1 Å². The van der Waals surface area contributed by atoms with E-state index in [0.717, 1.165) is 38.8 Å². The quantitative estimate of drug-likeness (QED) is 0.460. The summed E-state index contributed by atoms with van der Waals surface area (Å²) in [6.45, 7) is 2.48. The highest BCUT2D eigenvalue weighted by molar-refractivity contribution is 5.71. The third-order valence-electron chi connectivity index (χ3n) is 3.57. The number of nitrogens with two attached hydrogens (primary N) is 1. The second-order valence-corrected chi connectivity index (χ2v) is 5.18. The summed E-state index contributed by atoms with van der Waals surface area (Å²) in [4.78, 5) is 21.0. The van der Waals surface area contributed by atoms with E-state index in [0.29, 0.717) is 24.9 Å². The number of nitro groups is 1. The lowest BCUT2D eigenvalue weighted by Gasteiger charge is -2.22. The van der Waals surface area contributed by atoms with Gasteiger partial charge in [-0.25, -0.2) is 0 Å². The van der Waals surface area contributed by atoms with E-state index >= 15 is 0 Å². The number of methoxy groups -OCH3 is 1. The second kappa shape index (κ2) is 7.74. The predicted molar refractivity (Wildman–Crippen MR) is 84.1 cm³/mol. The molecule has 1 aliphatic rings. The highest BCUT2D eigenvalue weighted by Gasteiger charge is 2.27. The maximum absolute atomic E-state index is 11.3. The van der Waals surface area contributed by atoms with E-state index in [2.05, 4.69) is 15.3 Å². The Balaban J connectivity index is 2.31. The van der Waals surface area contributed by atoms with Gasteiger partial charge < -0.3 is 20.7 Å².